The van der Waals surface area contributed by atoms with Crippen LogP contribution in [0.5, 0.6) is 5.75 Å². The van der Waals surface area contributed by atoms with Gasteiger partial charge in [-0.3, -0.25) is 14.9 Å². The number of nitrogens with zero attached hydrogens (tertiary/aromatic N) is 2. The van der Waals surface area contributed by atoms with Crippen LogP contribution in [0.3, 0.4) is 0 Å². The monoisotopic (exact) mass is 435 g/mol. The lowest BCUT2D eigenvalue weighted by atomic mass is 10.1. The number of hydrogen-bond donors (Lipinski definition) is 1. The standard InChI is InChI=1S/C22H17N3O3S2/c1-13(26)19-18(14-8-4-3-5-9-14)24-22(30-19)25-20(27)16-12-29-21(23-16)15-10-6-7-11-17(15)28-2/h3-12H,1-2H3,(H,24,25,27). The molecule has 0 atom stereocenters. The van der Waals surface area contributed by atoms with Crippen molar-refractivity contribution >= 4 is 39.5 Å². The van der Waals surface area contributed by atoms with E-state index in [0.29, 0.717) is 26.5 Å². The molecule has 2 heterocycles. The molecule has 8 heteroatoms. The van der Waals surface area contributed by atoms with E-state index in [9.17, 15) is 9.59 Å². The van der Waals surface area contributed by atoms with Crippen molar-refractivity contribution in [3.63, 3.8) is 0 Å². The molecule has 0 bridgehead atoms. The van der Waals surface area contributed by atoms with Gasteiger partial charge in [0.15, 0.2) is 10.9 Å². The number of thiazole rings is 2. The topological polar surface area (TPSA) is 81.2 Å². The number of anilines is 1. The number of aromatic nitrogens is 2. The molecule has 1 N–H and O–H groups in total. The number of ether oxygens (including phenoxy) is 1. The first-order valence-corrected chi connectivity index (χ1v) is 10.7. The maximum atomic E-state index is 12.7. The number of rotatable bonds is 6. The van der Waals surface area contributed by atoms with Crippen molar-refractivity contribution < 1.29 is 14.3 Å². The minimum Gasteiger partial charge on any atom is -0.496 e. The van der Waals surface area contributed by atoms with Crippen molar-refractivity contribution in [2.24, 2.45) is 0 Å². The van der Waals surface area contributed by atoms with Crippen LogP contribution in [0.2, 0.25) is 0 Å². The Morgan fingerprint density at radius 3 is 2.47 bits per heavy atom. The lowest BCUT2D eigenvalue weighted by Crippen LogP contribution is -2.12. The average molecular weight is 436 g/mol. The summed E-state index contributed by atoms with van der Waals surface area (Å²) in [6.07, 6.45) is 0. The zero-order chi connectivity index (χ0) is 21.1. The average Bonchev–Trinajstić information content (AvgIpc) is 3.42. The van der Waals surface area contributed by atoms with Gasteiger partial charge in [0.05, 0.1) is 23.2 Å². The maximum Gasteiger partial charge on any atom is 0.276 e. The highest BCUT2D eigenvalue weighted by molar-refractivity contribution is 7.18. The van der Waals surface area contributed by atoms with Gasteiger partial charge in [-0.25, -0.2) is 9.97 Å². The van der Waals surface area contributed by atoms with Crippen LogP contribution in [0.25, 0.3) is 21.8 Å². The fourth-order valence-corrected chi connectivity index (χ4v) is 4.60. The third kappa shape index (κ3) is 4.00. The summed E-state index contributed by atoms with van der Waals surface area (Å²) >= 11 is 2.52. The van der Waals surface area contributed by atoms with Crippen molar-refractivity contribution in [1.29, 1.82) is 0 Å². The molecule has 1 amide bonds. The molecule has 0 unspecified atom stereocenters. The molecule has 0 spiro atoms. The summed E-state index contributed by atoms with van der Waals surface area (Å²) in [4.78, 5) is 34.2. The molecule has 2 aromatic carbocycles. The van der Waals surface area contributed by atoms with Crippen LogP contribution in [-0.4, -0.2) is 28.8 Å². The number of Topliss-reactive ketones (excluding diaryl/α,β-unsaturated/α-hetero) is 1. The summed E-state index contributed by atoms with van der Waals surface area (Å²) in [5.41, 5.74) is 2.49. The lowest BCUT2D eigenvalue weighted by Gasteiger charge is -2.04. The summed E-state index contributed by atoms with van der Waals surface area (Å²) < 4.78 is 5.37. The maximum absolute atomic E-state index is 12.7. The number of methoxy groups -OCH3 is 1. The number of benzene rings is 2. The van der Waals surface area contributed by atoms with Crippen LogP contribution >= 0.6 is 22.7 Å². The molecule has 30 heavy (non-hydrogen) atoms. The van der Waals surface area contributed by atoms with Crippen LogP contribution in [0.15, 0.2) is 60.0 Å². The Balaban J connectivity index is 1.59. The van der Waals surface area contributed by atoms with Gasteiger partial charge in [-0.05, 0) is 12.1 Å². The Morgan fingerprint density at radius 1 is 1.00 bits per heavy atom. The molecule has 0 fully saturated rings. The van der Waals surface area contributed by atoms with Crippen molar-refractivity contribution in [2.75, 3.05) is 12.4 Å². The van der Waals surface area contributed by atoms with Crippen molar-refractivity contribution in [3.05, 3.63) is 70.5 Å². The second-order valence-electron chi connectivity index (χ2n) is 6.31. The Morgan fingerprint density at radius 2 is 1.73 bits per heavy atom. The SMILES string of the molecule is COc1ccccc1-c1nc(C(=O)Nc2nc(-c3ccccc3)c(C(C)=O)s2)cs1. The van der Waals surface area contributed by atoms with Gasteiger partial charge in [0.1, 0.15) is 16.5 Å². The molecule has 0 saturated carbocycles. The number of carbonyl (C=O) groups excluding carboxylic acids is 2. The minimum absolute atomic E-state index is 0.0982. The summed E-state index contributed by atoms with van der Waals surface area (Å²) in [5, 5.41) is 5.50. The molecule has 6 nitrogen and oxygen atoms in total. The van der Waals surface area contributed by atoms with Gasteiger partial charge in [-0.2, -0.15) is 0 Å². The molecule has 0 aliphatic heterocycles. The molecule has 2 aromatic heterocycles. The van der Waals surface area contributed by atoms with E-state index in [2.05, 4.69) is 15.3 Å². The van der Waals surface area contributed by atoms with Crippen molar-refractivity contribution in [2.45, 2.75) is 6.92 Å². The molecule has 4 aromatic rings. The summed E-state index contributed by atoms with van der Waals surface area (Å²) in [6.45, 7) is 1.49. The van der Waals surface area contributed by atoms with E-state index in [-0.39, 0.29) is 17.4 Å². The largest absolute Gasteiger partial charge is 0.496 e. The number of ketones is 1. The molecule has 0 saturated heterocycles. The van der Waals surface area contributed by atoms with Crippen LogP contribution in [0.1, 0.15) is 27.1 Å². The molecular formula is C22H17N3O3S2. The van der Waals surface area contributed by atoms with Gasteiger partial charge in [-0.15, -0.1) is 11.3 Å². The second kappa shape index (κ2) is 8.56. The summed E-state index contributed by atoms with van der Waals surface area (Å²) in [7, 11) is 1.60. The lowest BCUT2D eigenvalue weighted by molar-refractivity contribution is 0.101. The first-order valence-electron chi connectivity index (χ1n) is 9.04. The number of hydrogen-bond acceptors (Lipinski definition) is 7. The highest BCUT2D eigenvalue weighted by Gasteiger charge is 2.20. The highest BCUT2D eigenvalue weighted by atomic mass is 32.1. The van der Waals surface area contributed by atoms with Gasteiger partial charge in [0.2, 0.25) is 0 Å². The van der Waals surface area contributed by atoms with Gasteiger partial charge < -0.3 is 4.74 Å². The zero-order valence-corrected chi connectivity index (χ0v) is 17.8. The molecular weight excluding hydrogens is 418 g/mol. The van der Waals surface area contributed by atoms with Crippen LogP contribution in [0.4, 0.5) is 5.13 Å². The smallest absolute Gasteiger partial charge is 0.276 e. The second-order valence-corrected chi connectivity index (χ2v) is 8.17. The Kier molecular flexibility index (Phi) is 5.69. The van der Waals surface area contributed by atoms with Gasteiger partial charge in [-0.1, -0.05) is 53.8 Å². The van der Waals surface area contributed by atoms with Crippen LogP contribution in [-0.2, 0) is 0 Å². The predicted octanol–water partition coefficient (Wildman–Crippen LogP) is 5.40. The molecule has 0 radical (unpaired) electrons. The van der Waals surface area contributed by atoms with Gasteiger partial charge in [0, 0.05) is 17.9 Å². The molecule has 4 rings (SSSR count). The number of carbonyl (C=O) groups is 2. The van der Waals surface area contributed by atoms with Gasteiger partial charge in [0.25, 0.3) is 5.91 Å². The fraction of sp³-hybridized carbons (Fsp3) is 0.0909. The molecule has 0 aliphatic carbocycles. The van der Waals surface area contributed by atoms with Crippen LogP contribution < -0.4 is 10.1 Å². The third-order valence-electron chi connectivity index (χ3n) is 4.29. The van der Waals surface area contributed by atoms with E-state index in [1.165, 1.54) is 18.3 Å². The number of nitrogens with one attached hydrogen (secondary N) is 1. The highest BCUT2D eigenvalue weighted by Crippen LogP contribution is 2.33. The van der Waals surface area contributed by atoms with E-state index < -0.39 is 0 Å². The molecule has 150 valence electrons. The summed E-state index contributed by atoms with van der Waals surface area (Å²) in [6, 6.07) is 16.9. The van der Waals surface area contributed by atoms with E-state index >= 15 is 0 Å². The Bertz CT molecular complexity index is 1220. The first kappa shape index (κ1) is 19.9. The number of para-hydroxylation sites is 1. The van der Waals surface area contributed by atoms with E-state index in [4.69, 9.17) is 4.74 Å². The minimum atomic E-state index is -0.379. The first-order chi connectivity index (χ1) is 14.6. The third-order valence-corrected chi connectivity index (χ3v) is 6.24. The summed E-state index contributed by atoms with van der Waals surface area (Å²) in [5.74, 6) is 0.215. The van der Waals surface area contributed by atoms with Crippen molar-refractivity contribution in [3.8, 4) is 27.6 Å². The van der Waals surface area contributed by atoms with Gasteiger partial charge >= 0.3 is 0 Å². The van der Waals surface area contributed by atoms with Crippen molar-refractivity contribution in [1.82, 2.24) is 9.97 Å². The Labute approximate surface area is 181 Å². The zero-order valence-electron chi connectivity index (χ0n) is 16.2. The van der Waals surface area contributed by atoms with Crippen LogP contribution in [0, 0.1) is 0 Å². The van der Waals surface area contributed by atoms with E-state index in [1.54, 1.807) is 12.5 Å². The number of amides is 1. The Hall–Kier alpha value is -3.36. The normalized spacial score (nSPS) is 10.6. The quantitative estimate of drug-likeness (QED) is 0.410. The van der Waals surface area contributed by atoms with E-state index in [1.807, 2.05) is 54.6 Å². The van der Waals surface area contributed by atoms with E-state index in [0.717, 1.165) is 22.5 Å². The molecule has 0 aliphatic rings. The fourth-order valence-electron chi connectivity index (χ4n) is 2.89. The predicted molar refractivity (Wildman–Crippen MR) is 120 cm³/mol.